The molecule has 4 aromatic carbocycles. The molecule has 0 fully saturated rings. The molecule has 50 heavy (non-hydrogen) atoms. The van der Waals surface area contributed by atoms with E-state index in [9.17, 15) is 19.5 Å². The van der Waals surface area contributed by atoms with Gasteiger partial charge < -0.3 is 25.8 Å². The Labute approximate surface area is 297 Å². The van der Waals surface area contributed by atoms with Gasteiger partial charge in [-0.15, -0.1) is 0 Å². The lowest BCUT2D eigenvalue weighted by atomic mass is 9.87. The van der Waals surface area contributed by atoms with Crippen LogP contribution in [0.5, 0.6) is 0 Å². The van der Waals surface area contributed by atoms with Crippen molar-refractivity contribution < 1.29 is 24.2 Å². The Morgan fingerprint density at radius 3 is 1.78 bits per heavy atom. The summed E-state index contributed by atoms with van der Waals surface area (Å²) in [6.45, 7) is 11.2. The lowest BCUT2D eigenvalue weighted by molar-refractivity contribution is -0.132. The molecule has 0 radical (unpaired) electrons. The molecule has 4 N–H and O–H groups in total. The van der Waals surface area contributed by atoms with Crippen molar-refractivity contribution in [2.75, 3.05) is 19.8 Å². The molecule has 0 saturated heterocycles. The molecule has 2 unspecified atom stereocenters. The Morgan fingerprint density at radius 2 is 1.24 bits per heavy atom. The largest absolute Gasteiger partial charge is 0.390 e. The van der Waals surface area contributed by atoms with E-state index in [1.54, 1.807) is 0 Å². The number of fused-ring (bicyclic) bond motifs is 2. The van der Waals surface area contributed by atoms with Gasteiger partial charge in [0.1, 0.15) is 6.04 Å². The van der Waals surface area contributed by atoms with Gasteiger partial charge in [0.05, 0.1) is 25.2 Å². The average Bonchev–Trinajstić information content (AvgIpc) is 3.09. The van der Waals surface area contributed by atoms with Crippen molar-refractivity contribution in [1.82, 2.24) is 16.0 Å². The van der Waals surface area contributed by atoms with Crippen molar-refractivity contribution in [1.29, 1.82) is 0 Å². The second-order valence-corrected chi connectivity index (χ2v) is 14.1. The smallest absolute Gasteiger partial charge is 0.242 e. The van der Waals surface area contributed by atoms with Crippen molar-refractivity contribution in [2.45, 2.75) is 84.9 Å². The van der Waals surface area contributed by atoms with E-state index < -0.39 is 24.1 Å². The van der Waals surface area contributed by atoms with Crippen LogP contribution in [0.1, 0.15) is 65.0 Å². The van der Waals surface area contributed by atoms with Crippen LogP contribution in [-0.4, -0.2) is 60.8 Å². The first-order valence-corrected chi connectivity index (χ1v) is 18.1. The fourth-order valence-corrected chi connectivity index (χ4v) is 6.64. The zero-order chi connectivity index (χ0) is 36.0. The van der Waals surface area contributed by atoms with E-state index in [1.165, 1.54) is 0 Å². The number of amides is 3. The maximum atomic E-state index is 14.4. The van der Waals surface area contributed by atoms with E-state index >= 15 is 0 Å². The highest BCUT2D eigenvalue weighted by atomic mass is 16.5. The van der Waals surface area contributed by atoms with Crippen LogP contribution in [0.3, 0.4) is 0 Å². The van der Waals surface area contributed by atoms with E-state index in [2.05, 4.69) is 64.5 Å². The van der Waals surface area contributed by atoms with Gasteiger partial charge in [0, 0.05) is 19.1 Å². The Kier molecular flexibility index (Phi) is 14.8. The predicted molar refractivity (Wildman–Crippen MR) is 202 cm³/mol. The molecular formula is C42H55N3O5. The Morgan fingerprint density at radius 1 is 0.700 bits per heavy atom. The minimum absolute atomic E-state index is 0.116. The lowest BCUT2D eigenvalue weighted by Crippen LogP contribution is -2.54. The number of hydrogen-bond donors (Lipinski definition) is 4. The topological polar surface area (TPSA) is 117 Å². The first-order valence-electron chi connectivity index (χ1n) is 18.1. The maximum Gasteiger partial charge on any atom is 0.242 e. The van der Waals surface area contributed by atoms with Gasteiger partial charge in [-0.3, -0.25) is 14.4 Å². The normalized spacial score (nSPS) is 13.5. The Balaban J connectivity index is 1.57. The van der Waals surface area contributed by atoms with Crippen LogP contribution in [0.25, 0.3) is 21.5 Å². The van der Waals surface area contributed by atoms with Gasteiger partial charge in [-0.05, 0) is 77.1 Å². The first-order chi connectivity index (χ1) is 24.0. The van der Waals surface area contributed by atoms with Gasteiger partial charge in [-0.25, -0.2) is 0 Å². The minimum atomic E-state index is -1.09. The molecule has 0 aliphatic carbocycles. The zero-order valence-electron chi connectivity index (χ0n) is 30.3. The monoisotopic (exact) mass is 681 g/mol. The SMILES string of the molecule is CCOCCNC(=O)CC(O)C(CC(C)C)NC(=O)[C@H](CC(C)C)NC(=O)C(Cc1cccc2ccccc12)Cc1cccc2ccccc12. The highest BCUT2D eigenvalue weighted by Crippen LogP contribution is 2.27. The highest BCUT2D eigenvalue weighted by Gasteiger charge is 2.31. The second-order valence-electron chi connectivity index (χ2n) is 14.1. The molecule has 268 valence electrons. The molecule has 0 heterocycles. The molecule has 3 amide bonds. The Bertz CT molecular complexity index is 1610. The van der Waals surface area contributed by atoms with Gasteiger partial charge >= 0.3 is 0 Å². The van der Waals surface area contributed by atoms with E-state index in [0.29, 0.717) is 45.4 Å². The average molecular weight is 682 g/mol. The van der Waals surface area contributed by atoms with Crippen molar-refractivity contribution in [3.63, 3.8) is 0 Å². The minimum Gasteiger partial charge on any atom is -0.390 e. The molecule has 0 aliphatic heterocycles. The van der Waals surface area contributed by atoms with Crippen molar-refractivity contribution >= 4 is 39.3 Å². The molecule has 0 saturated carbocycles. The first kappa shape index (κ1) is 38.5. The zero-order valence-corrected chi connectivity index (χ0v) is 30.3. The summed E-state index contributed by atoms with van der Waals surface area (Å²) >= 11 is 0. The molecule has 0 spiro atoms. The third kappa shape index (κ3) is 11.4. The van der Waals surface area contributed by atoms with Crippen LogP contribution in [0.4, 0.5) is 0 Å². The van der Waals surface area contributed by atoms with E-state index in [0.717, 1.165) is 32.7 Å². The number of ether oxygens (including phenoxy) is 1. The van der Waals surface area contributed by atoms with E-state index in [4.69, 9.17) is 4.74 Å². The summed E-state index contributed by atoms with van der Waals surface area (Å²) in [5.41, 5.74) is 2.15. The van der Waals surface area contributed by atoms with Crippen LogP contribution in [0.15, 0.2) is 84.9 Å². The highest BCUT2D eigenvalue weighted by molar-refractivity contribution is 5.91. The van der Waals surface area contributed by atoms with E-state index in [-0.39, 0.29) is 36.0 Å². The fourth-order valence-electron chi connectivity index (χ4n) is 6.64. The van der Waals surface area contributed by atoms with E-state index in [1.807, 2.05) is 71.0 Å². The molecule has 0 aliphatic rings. The van der Waals surface area contributed by atoms with Gasteiger partial charge in [-0.2, -0.15) is 0 Å². The number of aliphatic hydroxyl groups excluding tert-OH is 1. The van der Waals surface area contributed by atoms with Gasteiger partial charge in [0.25, 0.3) is 0 Å². The number of aliphatic hydroxyl groups is 1. The second kappa shape index (κ2) is 19.2. The molecule has 3 atom stereocenters. The molecule has 8 nitrogen and oxygen atoms in total. The van der Waals surface area contributed by atoms with Crippen molar-refractivity contribution in [3.05, 3.63) is 96.1 Å². The quantitative estimate of drug-likeness (QED) is 0.0860. The van der Waals surface area contributed by atoms with Crippen LogP contribution >= 0.6 is 0 Å². The Hall–Kier alpha value is -4.27. The van der Waals surface area contributed by atoms with Crippen LogP contribution < -0.4 is 16.0 Å². The molecular weight excluding hydrogens is 626 g/mol. The lowest BCUT2D eigenvalue weighted by Gasteiger charge is -2.29. The summed E-state index contributed by atoms with van der Waals surface area (Å²) < 4.78 is 5.28. The number of benzene rings is 4. The van der Waals surface area contributed by atoms with Gasteiger partial charge in [-0.1, -0.05) is 113 Å². The summed E-state index contributed by atoms with van der Waals surface area (Å²) in [6, 6.07) is 27.3. The van der Waals surface area contributed by atoms with Crippen LogP contribution in [0, 0.1) is 17.8 Å². The molecule has 4 rings (SSSR count). The molecule has 4 aromatic rings. The number of carbonyl (C=O) groups excluding carboxylic acids is 3. The summed E-state index contributed by atoms with van der Waals surface area (Å²) in [4.78, 5) is 40.9. The molecule has 0 aromatic heterocycles. The van der Waals surface area contributed by atoms with Crippen molar-refractivity contribution in [3.8, 4) is 0 Å². The third-order valence-electron chi connectivity index (χ3n) is 9.09. The summed E-state index contributed by atoms with van der Waals surface area (Å²) in [5, 5.41) is 24.5. The van der Waals surface area contributed by atoms with Crippen molar-refractivity contribution in [2.24, 2.45) is 17.8 Å². The predicted octanol–water partition coefficient (Wildman–Crippen LogP) is 6.36. The van der Waals surface area contributed by atoms with Gasteiger partial charge in [0.15, 0.2) is 0 Å². The van der Waals surface area contributed by atoms with Crippen LogP contribution in [0.2, 0.25) is 0 Å². The van der Waals surface area contributed by atoms with Crippen LogP contribution in [-0.2, 0) is 32.0 Å². The number of rotatable bonds is 19. The standard InChI is InChI=1S/C42H55N3O5/c1-6-50-22-21-43-40(47)27-39(46)37(23-28(2)3)44-42(49)38(24-29(4)5)45-41(48)34(25-32-17-11-15-30-13-7-9-19-35(30)32)26-33-18-12-16-31-14-8-10-20-36(31)33/h7-20,28-29,34,37-39,46H,6,21-27H2,1-5H3,(H,43,47)(H,44,49)(H,45,48)/t37?,38-,39?/m0/s1. The summed E-state index contributed by atoms with van der Waals surface area (Å²) in [5.74, 6) is -1.04. The fraction of sp³-hybridized carbons (Fsp3) is 0.452. The molecule has 0 bridgehead atoms. The number of nitrogens with one attached hydrogen (secondary N) is 3. The number of hydrogen-bond acceptors (Lipinski definition) is 5. The number of carbonyl (C=O) groups is 3. The third-order valence-corrected chi connectivity index (χ3v) is 9.09. The summed E-state index contributed by atoms with van der Waals surface area (Å²) in [7, 11) is 0. The maximum absolute atomic E-state index is 14.4. The van der Waals surface area contributed by atoms with Gasteiger partial charge in [0.2, 0.25) is 17.7 Å². The molecule has 8 heteroatoms. The summed E-state index contributed by atoms with van der Waals surface area (Å²) in [6.07, 6.45) is 0.665.